The summed E-state index contributed by atoms with van der Waals surface area (Å²) < 4.78 is 0. The maximum absolute atomic E-state index is 12.6. The van der Waals surface area contributed by atoms with Crippen LogP contribution >= 0.6 is 0 Å². The summed E-state index contributed by atoms with van der Waals surface area (Å²) in [5.41, 5.74) is 7.43. The first kappa shape index (κ1) is 18.2. The van der Waals surface area contributed by atoms with Crippen LogP contribution in [0.3, 0.4) is 0 Å². The summed E-state index contributed by atoms with van der Waals surface area (Å²) in [4.78, 5) is 17.3. The van der Waals surface area contributed by atoms with Crippen molar-refractivity contribution in [2.24, 2.45) is 0 Å². The topological polar surface area (TPSA) is 35.6 Å². The first-order chi connectivity index (χ1) is 13.1. The molecule has 0 aromatic heterocycles. The Kier molecular flexibility index (Phi) is 5.28. The molecule has 1 aromatic rings. The van der Waals surface area contributed by atoms with Gasteiger partial charge in [0.2, 0.25) is 5.91 Å². The van der Waals surface area contributed by atoms with E-state index in [0.29, 0.717) is 0 Å². The molecule has 0 bridgehead atoms. The van der Waals surface area contributed by atoms with Crippen molar-refractivity contribution in [2.45, 2.75) is 19.3 Å². The van der Waals surface area contributed by atoms with Crippen LogP contribution in [-0.4, -0.2) is 62.5 Å². The monoisotopic (exact) mass is 363 g/mol. The second-order valence-electron chi connectivity index (χ2n) is 7.89. The van der Waals surface area contributed by atoms with E-state index in [1.165, 1.54) is 27.8 Å². The Morgan fingerprint density at radius 2 is 1.70 bits per heavy atom. The van der Waals surface area contributed by atoms with Crippen LogP contribution in [0.15, 0.2) is 47.6 Å². The summed E-state index contributed by atoms with van der Waals surface area (Å²) in [6.45, 7) is 4.81. The van der Waals surface area contributed by atoms with Crippen molar-refractivity contribution in [3.63, 3.8) is 0 Å². The molecule has 1 N–H and O–H groups in total. The van der Waals surface area contributed by atoms with Gasteiger partial charge in [-0.25, -0.2) is 0 Å². The molecule has 0 radical (unpaired) electrons. The average molecular weight is 364 g/mol. The Morgan fingerprint density at radius 3 is 2.33 bits per heavy atom. The highest BCUT2D eigenvalue weighted by atomic mass is 16.2. The number of hydrogen-bond donors (Lipinski definition) is 1. The molecule has 3 aliphatic rings. The summed E-state index contributed by atoms with van der Waals surface area (Å²) in [5.74, 6) is 0.108. The molecule has 0 saturated carbocycles. The maximum atomic E-state index is 12.6. The second kappa shape index (κ2) is 7.83. The van der Waals surface area contributed by atoms with Crippen LogP contribution < -0.4 is 5.32 Å². The Balaban J connectivity index is 1.84. The number of carbonyl (C=O) groups is 1. The first-order valence-electron chi connectivity index (χ1n) is 10.00. The first-order valence-corrected chi connectivity index (χ1v) is 10.00. The number of nitrogens with one attached hydrogen (secondary N) is 1. The fraction of sp³-hybridized carbons (Fsp3) is 0.435. The molecule has 4 nitrogen and oxygen atoms in total. The molecular weight excluding hydrogens is 334 g/mol. The molecule has 1 fully saturated rings. The van der Waals surface area contributed by atoms with Crippen molar-refractivity contribution < 1.29 is 4.79 Å². The Labute approximate surface area is 162 Å². The zero-order valence-electron chi connectivity index (χ0n) is 16.4. The van der Waals surface area contributed by atoms with E-state index in [9.17, 15) is 4.79 Å². The summed E-state index contributed by atoms with van der Waals surface area (Å²) >= 11 is 0. The van der Waals surface area contributed by atoms with Crippen molar-refractivity contribution in [1.29, 1.82) is 0 Å². The lowest BCUT2D eigenvalue weighted by Gasteiger charge is -2.27. The van der Waals surface area contributed by atoms with Gasteiger partial charge >= 0.3 is 0 Å². The number of hydrogen-bond acceptors (Lipinski definition) is 3. The van der Waals surface area contributed by atoms with E-state index in [2.05, 4.69) is 65.6 Å². The van der Waals surface area contributed by atoms with Crippen molar-refractivity contribution in [1.82, 2.24) is 15.1 Å². The van der Waals surface area contributed by atoms with Crippen molar-refractivity contribution in [2.75, 3.05) is 46.8 Å². The number of benzene rings is 1. The highest BCUT2D eigenvalue weighted by Crippen LogP contribution is 2.38. The van der Waals surface area contributed by atoms with Gasteiger partial charge in [-0.2, -0.15) is 0 Å². The van der Waals surface area contributed by atoms with E-state index in [0.717, 1.165) is 57.6 Å². The number of amides is 1. The van der Waals surface area contributed by atoms with Crippen LogP contribution in [0.1, 0.15) is 30.4 Å². The van der Waals surface area contributed by atoms with E-state index in [1.54, 1.807) is 0 Å². The zero-order chi connectivity index (χ0) is 18.8. The normalized spacial score (nSPS) is 23.7. The molecule has 1 aromatic carbocycles. The van der Waals surface area contributed by atoms with Crippen LogP contribution in [0, 0.1) is 0 Å². The minimum atomic E-state index is 0.108. The summed E-state index contributed by atoms with van der Waals surface area (Å²) in [6, 6.07) is 8.67. The van der Waals surface area contributed by atoms with E-state index >= 15 is 0 Å². The van der Waals surface area contributed by atoms with Crippen LogP contribution in [0.25, 0.3) is 11.1 Å². The van der Waals surface area contributed by atoms with Gasteiger partial charge in [-0.15, -0.1) is 0 Å². The molecule has 0 aliphatic carbocycles. The lowest BCUT2D eigenvalue weighted by Crippen LogP contribution is -2.25. The highest BCUT2D eigenvalue weighted by Gasteiger charge is 2.27. The SMILES string of the molecule is CN1CC=C(C(=C2CCNC2=O)c2ccccc2C2=CCN(C)CC2)CC1. The van der Waals surface area contributed by atoms with Gasteiger partial charge < -0.3 is 15.1 Å². The average Bonchev–Trinajstić information content (AvgIpc) is 3.10. The predicted octanol–water partition coefficient (Wildman–Crippen LogP) is 2.94. The van der Waals surface area contributed by atoms with Gasteiger partial charge in [0.15, 0.2) is 0 Å². The molecule has 0 unspecified atom stereocenters. The highest BCUT2D eigenvalue weighted by molar-refractivity contribution is 6.07. The third-order valence-electron chi connectivity index (χ3n) is 5.92. The van der Waals surface area contributed by atoms with E-state index in [4.69, 9.17) is 0 Å². The molecular formula is C23H29N3O. The van der Waals surface area contributed by atoms with Gasteiger partial charge in [0.25, 0.3) is 0 Å². The molecule has 1 saturated heterocycles. The van der Waals surface area contributed by atoms with Crippen LogP contribution in [0.5, 0.6) is 0 Å². The number of carbonyl (C=O) groups excluding carboxylic acids is 1. The largest absolute Gasteiger partial charge is 0.352 e. The standard InChI is InChI=1S/C23H29N3O/c1-25-13-8-17(9-14-25)19-5-3-4-6-20(19)22(21-7-12-24-23(21)27)18-10-15-26(2)16-11-18/h3-6,8,10H,7,9,11-16H2,1-2H3,(H,24,27). The van der Waals surface area contributed by atoms with Crippen LogP contribution in [-0.2, 0) is 4.79 Å². The number of rotatable bonds is 3. The summed E-state index contributed by atoms with van der Waals surface area (Å²) in [7, 11) is 4.32. The van der Waals surface area contributed by atoms with E-state index in [-0.39, 0.29) is 5.91 Å². The second-order valence-corrected chi connectivity index (χ2v) is 7.89. The van der Waals surface area contributed by atoms with Gasteiger partial charge in [-0.1, -0.05) is 36.4 Å². The lowest BCUT2D eigenvalue weighted by atomic mass is 9.83. The molecule has 0 atom stereocenters. The third kappa shape index (κ3) is 3.78. The smallest absolute Gasteiger partial charge is 0.247 e. The Morgan fingerprint density at radius 1 is 0.963 bits per heavy atom. The minimum Gasteiger partial charge on any atom is -0.352 e. The van der Waals surface area contributed by atoms with Crippen molar-refractivity contribution in [3.05, 3.63) is 58.7 Å². The van der Waals surface area contributed by atoms with E-state index < -0.39 is 0 Å². The quantitative estimate of drug-likeness (QED) is 0.839. The lowest BCUT2D eigenvalue weighted by molar-refractivity contribution is -0.116. The molecule has 27 heavy (non-hydrogen) atoms. The maximum Gasteiger partial charge on any atom is 0.247 e. The number of likely N-dealkylation sites (N-methyl/N-ethyl adjacent to an activating group) is 2. The molecule has 0 spiro atoms. The predicted molar refractivity (Wildman–Crippen MR) is 111 cm³/mol. The van der Waals surface area contributed by atoms with E-state index in [1.807, 2.05) is 0 Å². The Bertz CT molecular complexity index is 834. The molecule has 3 heterocycles. The van der Waals surface area contributed by atoms with Crippen molar-refractivity contribution >= 4 is 17.1 Å². The van der Waals surface area contributed by atoms with Crippen LogP contribution in [0.4, 0.5) is 0 Å². The van der Waals surface area contributed by atoms with Gasteiger partial charge in [-0.3, -0.25) is 4.79 Å². The molecule has 4 heteroatoms. The summed E-state index contributed by atoms with van der Waals surface area (Å²) in [5, 5.41) is 3.02. The van der Waals surface area contributed by atoms with Gasteiger partial charge in [0.1, 0.15) is 0 Å². The third-order valence-corrected chi connectivity index (χ3v) is 5.92. The molecule has 1 amide bonds. The number of nitrogens with zero attached hydrogens (tertiary/aromatic N) is 2. The molecule has 142 valence electrons. The van der Waals surface area contributed by atoms with Gasteiger partial charge in [0, 0.05) is 38.3 Å². The fourth-order valence-electron chi connectivity index (χ4n) is 4.28. The Hall–Kier alpha value is -2.17. The van der Waals surface area contributed by atoms with Crippen LogP contribution in [0.2, 0.25) is 0 Å². The minimum absolute atomic E-state index is 0.108. The molecule has 3 aliphatic heterocycles. The van der Waals surface area contributed by atoms with Crippen molar-refractivity contribution in [3.8, 4) is 0 Å². The zero-order valence-corrected chi connectivity index (χ0v) is 16.4. The van der Waals surface area contributed by atoms with Gasteiger partial charge in [0.05, 0.1) is 0 Å². The fourth-order valence-corrected chi connectivity index (χ4v) is 4.28. The van der Waals surface area contributed by atoms with Gasteiger partial charge in [-0.05, 0) is 61.2 Å². The molecule has 4 rings (SSSR count). The number of allylic oxidation sites excluding steroid dienone is 1. The summed E-state index contributed by atoms with van der Waals surface area (Å²) in [6.07, 6.45) is 7.54.